The van der Waals surface area contributed by atoms with E-state index in [1.807, 2.05) is 18.2 Å². The fraction of sp³-hybridized carbons (Fsp3) is 0.462. The van der Waals surface area contributed by atoms with E-state index in [0.717, 1.165) is 43.2 Å². The highest BCUT2D eigenvalue weighted by Crippen LogP contribution is 2.32. The number of hydrogen-bond donors (Lipinski definition) is 1. The second-order valence-corrected chi connectivity index (χ2v) is 4.51. The molecule has 1 aromatic carbocycles. The lowest BCUT2D eigenvalue weighted by Crippen LogP contribution is -2.49. The number of nitrogens with one attached hydrogen (secondary N) is 1. The summed E-state index contributed by atoms with van der Waals surface area (Å²) in [6.07, 6.45) is 0. The van der Waals surface area contributed by atoms with E-state index in [0.29, 0.717) is 6.79 Å². The molecule has 0 bridgehead atoms. The number of nitriles is 1. The first-order valence-electron chi connectivity index (χ1n) is 6.10. The fourth-order valence-electron chi connectivity index (χ4n) is 2.34. The van der Waals surface area contributed by atoms with Crippen molar-refractivity contribution in [3.63, 3.8) is 0 Å². The Labute approximate surface area is 106 Å². The van der Waals surface area contributed by atoms with Crippen molar-refractivity contribution >= 4 is 0 Å². The van der Waals surface area contributed by atoms with Crippen LogP contribution in [0.2, 0.25) is 0 Å². The van der Waals surface area contributed by atoms with Gasteiger partial charge < -0.3 is 14.8 Å². The molecular formula is C13H15N3O2. The van der Waals surface area contributed by atoms with Crippen LogP contribution in [-0.2, 0) is 6.54 Å². The summed E-state index contributed by atoms with van der Waals surface area (Å²) in [5, 5.41) is 12.4. The Hall–Kier alpha value is -1.77. The molecule has 18 heavy (non-hydrogen) atoms. The predicted octanol–water partition coefficient (Wildman–Crippen LogP) is 0.713. The van der Waals surface area contributed by atoms with Gasteiger partial charge in [0, 0.05) is 26.2 Å². The molecule has 3 rings (SSSR count). The summed E-state index contributed by atoms with van der Waals surface area (Å²) in [5.74, 6) is 1.60. The Morgan fingerprint density at radius 1 is 1.39 bits per heavy atom. The van der Waals surface area contributed by atoms with Gasteiger partial charge in [0.1, 0.15) is 6.04 Å². The van der Waals surface area contributed by atoms with Gasteiger partial charge in [-0.25, -0.2) is 0 Å². The Balaban J connectivity index is 1.74. The highest BCUT2D eigenvalue weighted by Gasteiger charge is 2.22. The number of nitrogens with zero attached hydrogens (tertiary/aromatic N) is 2. The van der Waals surface area contributed by atoms with Gasteiger partial charge in [0.05, 0.1) is 6.07 Å². The van der Waals surface area contributed by atoms with Gasteiger partial charge in [-0.15, -0.1) is 0 Å². The minimum atomic E-state index is -0.0517. The molecule has 94 valence electrons. The van der Waals surface area contributed by atoms with Crippen LogP contribution >= 0.6 is 0 Å². The molecule has 5 heteroatoms. The smallest absolute Gasteiger partial charge is 0.231 e. The van der Waals surface area contributed by atoms with Crippen LogP contribution in [0.15, 0.2) is 18.2 Å². The van der Waals surface area contributed by atoms with Crippen molar-refractivity contribution in [1.82, 2.24) is 10.2 Å². The molecule has 0 saturated carbocycles. The van der Waals surface area contributed by atoms with E-state index in [-0.39, 0.29) is 6.04 Å². The number of piperazine rings is 1. The Morgan fingerprint density at radius 2 is 2.28 bits per heavy atom. The number of fused-ring (bicyclic) bond motifs is 1. The summed E-state index contributed by atoms with van der Waals surface area (Å²) in [4.78, 5) is 2.19. The van der Waals surface area contributed by atoms with Crippen molar-refractivity contribution in [3.05, 3.63) is 23.8 Å². The lowest BCUT2D eigenvalue weighted by molar-refractivity contribution is 0.173. The second kappa shape index (κ2) is 4.84. The minimum absolute atomic E-state index is 0.0517. The largest absolute Gasteiger partial charge is 0.454 e. The average molecular weight is 245 g/mol. The number of ether oxygens (including phenoxy) is 2. The van der Waals surface area contributed by atoms with Gasteiger partial charge in [-0.05, 0) is 17.7 Å². The first-order valence-corrected chi connectivity index (χ1v) is 6.10. The van der Waals surface area contributed by atoms with Crippen LogP contribution < -0.4 is 14.8 Å². The first kappa shape index (κ1) is 11.3. The Bertz CT molecular complexity index is 484. The molecule has 2 heterocycles. The van der Waals surface area contributed by atoms with Crippen molar-refractivity contribution in [2.75, 3.05) is 26.4 Å². The van der Waals surface area contributed by atoms with Crippen LogP contribution in [-0.4, -0.2) is 37.4 Å². The van der Waals surface area contributed by atoms with Crippen LogP contribution in [0.25, 0.3) is 0 Å². The van der Waals surface area contributed by atoms with Crippen molar-refractivity contribution in [2.24, 2.45) is 0 Å². The van der Waals surface area contributed by atoms with Crippen LogP contribution in [0.1, 0.15) is 5.56 Å². The maximum absolute atomic E-state index is 9.12. The molecule has 1 aromatic rings. The topological polar surface area (TPSA) is 57.5 Å². The molecule has 0 amide bonds. The van der Waals surface area contributed by atoms with E-state index in [1.54, 1.807) is 0 Å². The second-order valence-electron chi connectivity index (χ2n) is 4.51. The van der Waals surface area contributed by atoms with Crippen LogP contribution in [0.4, 0.5) is 0 Å². The van der Waals surface area contributed by atoms with Crippen molar-refractivity contribution < 1.29 is 9.47 Å². The molecule has 1 N–H and O–H groups in total. The van der Waals surface area contributed by atoms with Gasteiger partial charge in [-0.2, -0.15) is 5.26 Å². The van der Waals surface area contributed by atoms with Crippen LogP contribution in [0.3, 0.4) is 0 Å². The van der Waals surface area contributed by atoms with E-state index in [9.17, 15) is 0 Å². The third-order valence-electron chi connectivity index (χ3n) is 3.33. The maximum Gasteiger partial charge on any atom is 0.231 e. The van der Waals surface area contributed by atoms with Crippen molar-refractivity contribution in [1.29, 1.82) is 5.26 Å². The van der Waals surface area contributed by atoms with E-state index >= 15 is 0 Å². The molecule has 1 fully saturated rings. The predicted molar refractivity (Wildman–Crippen MR) is 65.2 cm³/mol. The van der Waals surface area contributed by atoms with Crippen LogP contribution in [0.5, 0.6) is 11.5 Å². The van der Waals surface area contributed by atoms with E-state index in [1.165, 1.54) is 0 Å². The highest BCUT2D eigenvalue weighted by molar-refractivity contribution is 5.44. The lowest BCUT2D eigenvalue weighted by Gasteiger charge is -2.31. The zero-order valence-corrected chi connectivity index (χ0v) is 10.1. The summed E-state index contributed by atoms with van der Waals surface area (Å²) in [6, 6.07) is 8.24. The van der Waals surface area contributed by atoms with Crippen molar-refractivity contribution in [3.8, 4) is 17.6 Å². The SMILES string of the molecule is N#CC1CNCCN1Cc1ccc2c(c1)OCO2. The maximum atomic E-state index is 9.12. The van der Waals surface area contributed by atoms with E-state index in [2.05, 4.69) is 16.3 Å². The summed E-state index contributed by atoms with van der Waals surface area (Å²) in [7, 11) is 0. The Morgan fingerprint density at radius 3 is 3.17 bits per heavy atom. The first-order chi connectivity index (χ1) is 8.86. The van der Waals surface area contributed by atoms with Gasteiger partial charge in [-0.3, -0.25) is 4.90 Å². The van der Waals surface area contributed by atoms with Gasteiger partial charge in [0.2, 0.25) is 6.79 Å². The average Bonchev–Trinajstić information content (AvgIpc) is 2.87. The van der Waals surface area contributed by atoms with Gasteiger partial charge in [0.25, 0.3) is 0 Å². The monoisotopic (exact) mass is 245 g/mol. The molecule has 0 spiro atoms. The van der Waals surface area contributed by atoms with Gasteiger partial charge >= 0.3 is 0 Å². The number of benzene rings is 1. The zero-order chi connectivity index (χ0) is 12.4. The normalized spacial score (nSPS) is 22.7. The summed E-state index contributed by atoms with van der Waals surface area (Å²) in [5.41, 5.74) is 1.15. The summed E-state index contributed by atoms with van der Waals surface area (Å²) in [6.45, 7) is 3.64. The lowest BCUT2D eigenvalue weighted by atomic mass is 10.1. The quantitative estimate of drug-likeness (QED) is 0.831. The molecule has 2 aliphatic rings. The van der Waals surface area contributed by atoms with Crippen molar-refractivity contribution in [2.45, 2.75) is 12.6 Å². The standard InChI is InChI=1S/C13H15N3O2/c14-6-11-7-15-3-4-16(11)8-10-1-2-12-13(5-10)18-9-17-12/h1-2,5,11,15H,3-4,7-9H2. The summed E-state index contributed by atoms with van der Waals surface area (Å²) >= 11 is 0. The third kappa shape index (κ3) is 2.13. The number of hydrogen-bond acceptors (Lipinski definition) is 5. The molecule has 1 saturated heterocycles. The molecule has 2 aliphatic heterocycles. The molecule has 1 unspecified atom stereocenters. The number of rotatable bonds is 2. The van der Waals surface area contributed by atoms with Gasteiger partial charge in [-0.1, -0.05) is 6.07 Å². The fourth-order valence-corrected chi connectivity index (χ4v) is 2.34. The molecule has 0 aromatic heterocycles. The molecule has 0 radical (unpaired) electrons. The van der Waals surface area contributed by atoms with E-state index < -0.39 is 0 Å². The molecule has 0 aliphatic carbocycles. The Kier molecular flexibility index (Phi) is 3.05. The molecule has 1 atom stereocenters. The minimum Gasteiger partial charge on any atom is -0.454 e. The third-order valence-corrected chi connectivity index (χ3v) is 3.33. The van der Waals surface area contributed by atoms with Crippen LogP contribution in [0, 0.1) is 11.3 Å². The molecular weight excluding hydrogens is 230 g/mol. The van der Waals surface area contributed by atoms with E-state index in [4.69, 9.17) is 14.7 Å². The zero-order valence-electron chi connectivity index (χ0n) is 10.1. The summed E-state index contributed by atoms with van der Waals surface area (Å²) < 4.78 is 10.7. The van der Waals surface area contributed by atoms with Gasteiger partial charge in [0.15, 0.2) is 11.5 Å². The molecule has 5 nitrogen and oxygen atoms in total. The highest BCUT2D eigenvalue weighted by atomic mass is 16.7.